The largest absolute Gasteiger partial charge is 0.385 e. The number of unbranched alkanes of at least 4 members (excludes halogenated alkanes) is 14. The average molecular weight is 401 g/mol. The Morgan fingerprint density at radius 1 is 0.500 bits per heavy atom. The van der Waals surface area contributed by atoms with Gasteiger partial charge in [-0.1, -0.05) is 111 Å². The molecule has 28 heavy (non-hydrogen) atoms. The summed E-state index contributed by atoms with van der Waals surface area (Å²) in [6, 6.07) is 0. The number of rotatable bonds is 23. The van der Waals surface area contributed by atoms with Crippen LogP contribution in [0, 0.1) is 0 Å². The summed E-state index contributed by atoms with van der Waals surface area (Å²) in [5, 5.41) is 10.6. The molecule has 0 aliphatic rings. The van der Waals surface area contributed by atoms with Gasteiger partial charge < -0.3 is 14.6 Å². The van der Waals surface area contributed by atoms with Gasteiger partial charge in [0.25, 0.3) is 0 Å². The van der Waals surface area contributed by atoms with Crippen LogP contribution in [0.3, 0.4) is 0 Å². The lowest BCUT2D eigenvalue weighted by Gasteiger charge is -2.26. The van der Waals surface area contributed by atoms with Crippen LogP contribution in [-0.2, 0) is 9.47 Å². The Bertz CT molecular complexity index is 270. The van der Waals surface area contributed by atoms with Gasteiger partial charge in [-0.25, -0.2) is 0 Å². The van der Waals surface area contributed by atoms with Crippen LogP contribution in [0.2, 0.25) is 0 Å². The van der Waals surface area contributed by atoms with E-state index in [-0.39, 0.29) is 0 Å². The minimum atomic E-state index is -0.819. The van der Waals surface area contributed by atoms with Crippen LogP contribution < -0.4 is 0 Å². The van der Waals surface area contributed by atoms with Gasteiger partial charge in [0.15, 0.2) is 0 Å². The zero-order chi connectivity index (χ0) is 20.8. The molecule has 0 heterocycles. The topological polar surface area (TPSA) is 38.7 Å². The summed E-state index contributed by atoms with van der Waals surface area (Å²) in [4.78, 5) is 0. The molecule has 0 aliphatic carbocycles. The molecule has 3 nitrogen and oxygen atoms in total. The SMILES string of the molecule is CCCCCCCCCCOCC(O)(CC)COCCCCCCCCCC. The minimum absolute atomic E-state index is 0.400. The van der Waals surface area contributed by atoms with Crippen molar-refractivity contribution in [3.05, 3.63) is 0 Å². The number of aliphatic hydroxyl groups is 1. The molecule has 0 aliphatic heterocycles. The fourth-order valence-corrected chi connectivity index (χ4v) is 3.45. The van der Waals surface area contributed by atoms with E-state index in [1.165, 1.54) is 89.9 Å². The van der Waals surface area contributed by atoms with E-state index in [9.17, 15) is 5.11 Å². The Labute approximate surface area is 177 Å². The van der Waals surface area contributed by atoms with Gasteiger partial charge in [0.1, 0.15) is 5.60 Å². The Kier molecular flexibility index (Phi) is 21.5. The summed E-state index contributed by atoms with van der Waals surface area (Å²) >= 11 is 0. The molecule has 0 saturated heterocycles. The van der Waals surface area contributed by atoms with E-state index < -0.39 is 5.60 Å². The van der Waals surface area contributed by atoms with Crippen LogP contribution in [0.1, 0.15) is 130 Å². The maximum atomic E-state index is 10.6. The first kappa shape index (κ1) is 27.9. The van der Waals surface area contributed by atoms with E-state index in [1.54, 1.807) is 0 Å². The predicted octanol–water partition coefficient (Wildman–Crippen LogP) is 7.44. The highest BCUT2D eigenvalue weighted by Gasteiger charge is 2.25. The van der Waals surface area contributed by atoms with Crippen molar-refractivity contribution in [2.75, 3.05) is 26.4 Å². The van der Waals surface area contributed by atoms with Gasteiger partial charge in [-0.05, 0) is 19.3 Å². The molecule has 0 bridgehead atoms. The molecule has 0 spiro atoms. The summed E-state index contributed by atoms with van der Waals surface area (Å²) in [6.07, 6.45) is 21.6. The van der Waals surface area contributed by atoms with Crippen LogP contribution in [0.4, 0.5) is 0 Å². The summed E-state index contributed by atoms with van der Waals surface area (Å²) in [5.74, 6) is 0. The maximum absolute atomic E-state index is 10.6. The van der Waals surface area contributed by atoms with Crippen LogP contribution in [0.5, 0.6) is 0 Å². The van der Waals surface area contributed by atoms with E-state index in [4.69, 9.17) is 9.47 Å². The van der Waals surface area contributed by atoms with Crippen molar-refractivity contribution >= 4 is 0 Å². The lowest BCUT2D eigenvalue weighted by Crippen LogP contribution is -2.39. The zero-order valence-corrected chi connectivity index (χ0v) is 19.6. The maximum Gasteiger partial charge on any atom is 0.111 e. The first-order chi connectivity index (χ1) is 13.7. The summed E-state index contributed by atoms with van der Waals surface area (Å²) < 4.78 is 11.5. The number of hydrogen-bond donors (Lipinski definition) is 1. The van der Waals surface area contributed by atoms with Gasteiger partial charge in [-0.15, -0.1) is 0 Å². The third-order valence-corrected chi connectivity index (χ3v) is 5.68. The molecule has 0 radical (unpaired) electrons. The number of ether oxygens (including phenoxy) is 2. The van der Waals surface area contributed by atoms with Gasteiger partial charge in [0.05, 0.1) is 13.2 Å². The van der Waals surface area contributed by atoms with Crippen molar-refractivity contribution in [3.8, 4) is 0 Å². The first-order valence-corrected chi connectivity index (χ1v) is 12.6. The minimum Gasteiger partial charge on any atom is -0.385 e. The zero-order valence-electron chi connectivity index (χ0n) is 19.6. The quantitative estimate of drug-likeness (QED) is 0.181. The van der Waals surface area contributed by atoms with Crippen molar-refractivity contribution in [2.24, 2.45) is 0 Å². The lowest BCUT2D eigenvalue weighted by atomic mass is 10.0. The summed E-state index contributed by atoms with van der Waals surface area (Å²) in [6.45, 7) is 8.85. The van der Waals surface area contributed by atoms with Crippen molar-refractivity contribution in [3.63, 3.8) is 0 Å². The summed E-state index contributed by atoms with van der Waals surface area (Å²) in [5.41, 5.74) is -0.819. The van der Waals surface area contributed by atoms with Crippen LogP contribution in [0.25, 0.3) is 0 Å². The van der Waals surface area contributed by atoms with E-state index in [0.29, 0.717) is 19.6 Å². The number of hydrogen-bond acceptors (Lipinski definition) is 3. The molecule has 1 N–H and O–H groups in total. The molecule has 3 heteroatoms. The molecule has 0 rings (SSSR count). The molecular weight excluding hydrogens is 348 g/mol. The fourth-order valence-electron chi connectivity index (χ4n) is 3.45. The van der Waals surface area contributed by atoms with Crippen molar-refractivity contribution < 1.29 is 14.6 Å². The molecular formula is C25H52O3. The lowest BCUT2D eigenvalue weighted by molar-refractivity contribution is -0.0981. The van der Waals surface area contributed by atoms with Crippen molar-refractivity contribution in [1.82, 2.24) is 0 Å². The Hall–Kier alpha value is -0.120. The van der Waals surface area contributed by atoms with Crippen LogP contribution in [0.15, 0.2) is 0 Å². The van der Waals surface area contributed by atoms with Gasteiger partial charge >= 0.3 is 0 Å². The van der Waals surface area contributed by atoms with Crippen LogP contribution >= 0.6 is 0 Å². The highest BCUT2D eigenvalue weighted by Crippen LogP contribution is 2.14. The van der Waals surface area contributed by atoms with Gasteiger partial charge in [0.2, 0.25) is 0 Å². The second kappa shape index (κ2) is 21.6. The molecule has 0 atom stereocenters. The monoisotopic (exact) mass is 400 g/mol. The molecule has 0 unspecified atom stereocenters. The van der Waals surface area contributed by atoms with Gasteiger partial charge in [-0.3, -0.25) is 0 Å². The molecule has 0 aromatic rings. The average Bonchev–Trinajstić information content (AvgIpc) is 2.71. The normalized spacial score (nSPS) is 12.0. The highest BCUT2D eigenvalue weighted by atomic mass is 16.5. The molecule has 0 aromatic carbocycles. The Balaban J connectivity index is 3.47. The van der Waals surface area contributed by atoms with Crippen molar-refractivity contribution in [2.45, 2.75) is 136 Å². The second-order valence-electron chi connectivity index (χ2n) is 8.63. The summed E-state index contributed by atoms with van der Waals surface area (Å²) in [7, 11) is 0. The van der Waals surface area contributed by atoms with Gasteiger partial charge in [-0.2, -0.15) is 0 Å². The molecule has 0 amide bonds. The van der Waals surface area contributed by atoms with E-state index in [2.05, 4.69) is 13.8 Å². The smallest absolute Gasteiger partial charge is 0.111 e. The third kappa shape index (κ3) is 19.2. The first-order valence-electron chi connectivity index (χ1n) is 12.6. The van der Waals surface area contributed by atoms with E-state index in [1.807, 2.05) is 6.92 Å². The molecule has 0 aromatic heterocycles. The van der Waals surface area contributed by atoms with Crippen molar-refractivity contribution in [1.29, 1.82) is 0 Å². The third-order valence-electron chi connectivity index (χ3n) is 5.68. The standard InChI is InChI=1S/C25H52O3/c1-4-7-9-11-13-15-17-19-21-27-23-25(26,6-3)24-28-22-20-18-16-14-12-10-8-5-2/h26H,4-24H2,1-3H3. The molecule has 170 valence electrons. The second-order valence-corrected chi connectivity index (χ2v) is 8.63. The predicted molar refractivity (Wildman–Crippen MR) is 122 cm³/mol. The van der Waals surface area contributed by atoms with E-state index in [0.717, 1.165) is 26.1 Å². The molecule has 0 fully saturated rings. The van der Waals surface area contributed by atoms with E-state index >= 15 is 0 Å². The molecule has 0 saturated carbocycles. The Morgan fingerprint density at radius 3 is 1.14 bits per heavy atom. The fraction of sp³-hybridized carbons (Fsp3) is 1.00. The Morgan fingerprint density at radius 2 is 0.821 bits per heavy atom. The highest BCUT2D eigenvalue weighted by molar-refractivity contribution is 4.75. The van der Waals surface area contributed by atoms with Crippen LogP contribution in [-0.4, -0.2) is 37.1 Å². The van der Waals surface area contributed by atoms with Gasteiger partial charge in [0, 0.05) is 13.2 Å².